The van der Waals surface area contributed by atoms with E-state index in [-0.39, 0.29) is 23.4 Å². The Labute approximate surface area is 119 Å². The van der Waals surface area contributed by atoms with Crippen LogP contribution in [0.1, 0.15) is 21.5 Å². The summed E-state index contributed by atoms with van der Waals surface area (Å²) in [5.74, 6) is -2.28. The van der Waals surface area contributed by atoms with Gasteiger partial charge in [0.05, 0.1) is 12.2 Å². The third-order valence-electron chi connectivity index (χ3n) is 2.93. The lowest BCUT2D eigenvalue weighted by Gasteiger charge is -2.08. The first-order valence-corrected chi connectivity index (χ1v) is 6.16. The first kappa shape index (κ1) is 14.9. The van der Waals surface area contributed by atoms with Gasteiger partial charge >= 0.3 is 0 Å². The molecule has 0 aliphatic heterocycles. The number of rotatable bonds is 4. The van der Waals surface area contributed by atoms with E-state index < -0.39 is 24.1 Å². The molecule has 0 bridgehead atoms. The lowest BCUT2D eigenvalue weighted by atomic mass is 10.1. The van der Waals surface area contributed by atoms with Gasteiger partial charge in [-0.1, -0.05) is 6.07 Å². The second-order valence-corrected chi connectivity index (χ2v) is 4.43. The molecule has 3 N–H and O–H groups in total. The van der Waals surface area contributed by atoms with Crippen molar-refractivity contribution >= 4 is 5.91 Å². The highest BCUT2D eigenvalue weighted by Gasteiger charge is 2.12. The van der Waals surface area contributed by atoms with Crippen LogP contribution in [0.25, 0.3) is 0 Å². The van der Waals surface area contributed by atoms with Gasteiger partial charge < -0.3 is 15.5 Å². The third-order valence-corrected chi connectivity index (χ3v) is 2.93. The van der Waals surface area contributed by atoms with Crippen molar-refractivity contribution < 1.29 is 23.8 Å². The van der Waals surface area contributed by atoms with Gasteiger partial charge in [-0.3, -0.25) is 4.79 Å². The zero-order valence-electron chi connectivity index (χ0n) is 10.9. The highest BCUT2D eigenvalue weighted by atomic mass is 19.1. The average molecular weight is 293 g/mol. The number of aliphatic hydroxyl groups excluding tert-OH is 1. The van der Waals surface area contributed by atoms with E-state index in [2.05, 4.69) is 5.32 Å². The Morgan fingerprint density at radius 1 is 1.10 bits per heavy atom. The van der Waals surface area contributed by atoms with E-state index in [0.29, 0.717) is 5.56 Å². The van der Waals surface area contributed by atoms with Gasteiger partial charge in [-0.2, -0.15) is 0 Å². The van der Waals surface area contributed by atoms with E-state index >= 15 is 0 Å². The topological polar surface area (TPSA) is 69.6 Å². The smallest absolute Gasteiger partial charge is 0.254 e. The predicted molar refractivity (Wildman–Crippen MR) is 71.6 cm³/mol. The molecular formula is C15H13F2NO3. The van der Waals surface area contributed by atoms with E-state index in [9.17, 15) is 13.6 Å². The Balaban J connectivity index is 2.07. The molecule has 0 saturated carbocycles. The number of phenols is 1. The Morgan fingerprint density at radius 2 is 1.86 bits per heavy atom. The van der Waals surface area contributed by atoms with Crippen molar-refractivity contribution in [2.24, 2.45) is 0 Å². The van der Waals surface area contributed by atoms with Gasteiger partial charge in [0.15, 0.2) is 0 Å². The number of halogens is 2. The summed E-state index contributed by atoms with van der Waals surface area (Å²) < 4.78 is 26.7. The van der Waals surface area contributed by atoms with Gasteiger partial charge in [-0.15, -0.1) is 0 Å². The number of hydrogen-bond acceptors (Lipinski definition) is 3. The van der Waals surface area contributed by atoms with Gasteiger partial charge in [-0.05, 0) is 29.8 Å². The molecule has 0 spiro atoms. The van der Waals surface area contributed by atoms with Crippen LogP contribution in [0.15, 0.2) is 36.4 Å². The lowest BCUT2D eigenvalue weighted by Crippen LogP contribution is -2.23. The molecule has 6 heteroatoms. The molecule has 0 radical (unpaired) electrons. The van der Waals surface area contributed by atoms with E-state index in [1.807, 2.05) is 0 Å². The maximum Gasteiger partial charge on any atom is 0.254 e. The number of carbonyl (C=O) groups is 1. The summed E-state index contributed by atoms with van der Waals surface area (Å²) in [5, 5.41) is 20.5. The number of aliphatic hydroxyl groups is 1. The third kappa shape index (κ3) is 3.55. The second kappa shape index (κ2) is 6.32. The van der Waals surface area contributed by atoms with Crippen LogP contribution in [-0.4, -0.2) is 16.1 Å². The quantitative estimate of drug-likeness (QED) is 0.808. The molecule has 1 amide bonds. The van der Waals surface area contributed by atoms with Gasteiger partial charge in [0.25, 0.3) is 5.91 Å². The van der Waals surface area contributed by atoms with Gasteiger partial charge in [0.2, 0.25) is 0 Å². The molecule has 2 aromatic carbocycles. The fourth-order valence-electron chi connectivity index (χ4n) is 1.82. The minimum Gasteiger partial charge on any atom is -0.508 e. The molecule has 0 aliphatic carbocycles. The van der Waals surface area contributed by atoms with Gasteiger partial charge in [0, 0.05) is 18.2 Å². The number of nitrogens with one attached hydrogen (secondary N) is 1. The SMILES string of the molecule is O=C(NCc1ccc(F)c(CO)c1)c1ccc(O)cc1F. The molecule has 0 atom stereocenters. The molecule has 2 aromatic rings. The summed E-state index contributed by atoms with van der Waals surface area (Å²) in [5.41, 5.74) is 0.503. The number of aromatic hydroxyl groups is 1. The minimum absolute atomic E-state index is 0.0619. The van der Waals surface area contributed by atoms with E-state index in [1.165, 1.54) is 30.3 Å². The maximum atomic E-state index is 13.5. The van der Waals surface area contributed by atoms with Crippen LogP contribution in [0.2, 0.25) is 0 Å². The van der Waals surface area contributed by atoms with Gasteiger partial charge in [-0.25, -0.2) is 8.78 Å². The molecular weight excluding hydrogens is 280 g/mol. The Kier molecular flexibility index (Phi) is 4.49. The number of carbonyl (C=O) groups excluding carboxylic acids is 1. The zero-order valence-corrected chi connectivity index (χ0v) is 10.9. The van der Waals surface area contributed by atoms with E-state index in [1.54, 1.807) is 0 Å². The summed E-state index contributed by atoms with van der Waals surface area (Å²) in [4.78, 5) is 11.8. The normalized spacial score (nSPS) is 10.4. The highest BCUT2D eigenvalue weighted by molar-refractivity contribution is 5.94. The summed E-state index contributed by atoms with van der Waals surface area (Å²) in [6.45, 7) is -0.382. The lowest BCUT2D eigenvalue weighted by molar-refractivity contribution is 0.0947. The van der Waals surface area contributed by atoms with Crippen molar-refractivity contribution in [3.8, 4) is 5.75 Å². The number of phenolic OH excluding ortho intramolecular Hbond substituents is 1. The first-order chi connectivity index (χ1) is 10.0. The zero-order chi connectivity index (χ0) is 15.4. The van der Waals surface area contributed by atoms with Crippen LogP contribution in [0.4, 0.5) is 8.78 Å². The standard InChI is InChI=1S/C15H13F2NO3/c16-13-4-1-9(5-10(13)8-19)7-18-15(21)12-3-2-11(20)6-14(12)17/h1-6,19-20H,7-8H2,(H,18,21). The van der Waals surface area contributed by atoms with E-state index in [4.69, 9.17) is 10.2 Å². The molecule has 21 heavy (non-hydrogen) atoms. The Bertz CT molecular complexity index is 674. The molecule has 0 heterocycles. The minimum atomic E-state index is -0.831. The molecule has 4 nitrogen and oxygen atoms in total. The fraction of sp³-hybridized carbons (Fsp3) is 0.133. The van der Waals surface area contributed by atoms with Crippen molar-refractivity contribution in [1.82, 2.24) is 5.32 Å². The summed E-state index contributed by atoms with van der Waals surface area (Å²) in [7, 11) is 0. The van der Waals surface area contributed by atoms with Crippen LogP contribution in [0, 0.1) is 11.6 Å². The molecule has 0 aromatic heterocycles. The van der Waals surface area contributed by atoms with Crippen molar-refractivity contribution in [1.29, 1.82) is 0 Å². The second-order valence-electron chi connectivity index (χ2n) is 4.43. The Morgan fingerprint density at radius 3 is 2.52 bits per heavy atom. The van der Waals surface area contributed by atoms with Crippen LogP contribution in [0.5, 0.6) is 5.75 Å². The molecule has 0 saturated heterocycles. The van der Waals surface area contributed by atoms with Crippen molar-refractivity contribution in [2.75, 3.05) is 0 Å². The summed E-state index contributed by atoms with van der Waals surface area (Å²) in [6, 6.07) is 7.29. The fourth-order valence-corrected chi connectivity index (χ4v) is 1.82. The molecule has 2 rings (SSSR count). The molecule has 0 unspecified atom stereocenters. The predicted octanol–water partition coefficient (Wildman–Crippen LogP) is 2.09. The van der Waals surface area contributed by atoms with Crippen molar-refractivity contribution in [2.45, 2.75) is 13.2 Å². The summed E-state index contributed by atoms with van der Waals surface area (Å²) >= 11 is 0. The Hall–Kier alpha value is -2.47. The highest BCUT2D eigenvalue weighted by Crippen LogP contribution is 2.15. The molecule has 0 aliphatic rings. The van der Waals surface area contributed by atoms with Gasteiger partial charge in [0.1, 0.15) is 17.4 Å². The molecule has 110 valence electrons. The summed E-state index contributed by atoms with van der Waals surface area (Å²) in [6.07, 6.45) is 0. The van der Waals surface area contributed by atoms with E-state index in [0.717, 1.165) is 6.07 Å². The van der Waals surface area contributed by atoms with Crippen LogP contribution >= 0.6 is 0 Å². The van der Waals surface area contributed by atoms with Crippen molar-refractivity contribution in [3.63, 3.8) is 0 Å². The largest absolute Gasteiger partial charge is 0.508 e. The first-order valence-electron chi connectivity index (χ1n) is 6.16. The number of amides is 1. The monoisotopic (exact) mass is 293 g/mol. The average Bonchev–Trinajstić information content (AvgIpc) is 2.46. The maximum absolute atomic E-state index is 13.5. The number of hydrogen-bond donors (Lipinski definition) is 3. The van der Waals surface area contributed by atoms with Crippen LogP contribution < -0.4 is 5.32 Å². The van der Waals surface area contributed by atoms with Crippen molar-refractivity contribution in [3.05, 3.63) is 64.7 Å². The number of benzene rings is 2. The van der Waals surface area contributed by atoms with Crippen LogP contribution in [0.3, 0.4) is 0 Å². The molecule has 0 fully saturated rings. The van der Waals surface area contributed by atoms with Crippen LogP contribution in [-0.2, 0) is 13.2 Å².